The molecule has 8 nitrogen and oxygen atoms in total. The molecule has 4 N–H and O–H groups in total. The van der Waals surface area contributed by atoms with E-state index < -0.39 is 11.9 Å². The molecule has 0 unspecified atom stereocenters. The van der Waals surface area contributed by atoms with Crippen LogP contribution in [0.4, 0.5) is 11.6 Å². The van der Waals surface area contributed by atoms with Crippen LogP contribution in [0, 0.1) is 13.8 Å². The largest absolute Gasteiger partial charge is 0.478 e. The number of pyridine rings is 2. The Bertz CT molecular complexity index is 804. The number of anilines is 2. The standard InChI is InChI=1S/C14H18N2O4.C6H8N2/c1-3-20-13(17)5-4-11(14(18)19)9-16-12-8-10(2)6-7-15-12;1-5-2-3-8-6(7)4-5/h6-9H,3-5H2,1-2H3,(H,15,16)(H,18,19);2-4H,1H3,(H2,7,8)/b11-9-;. The fourth-order valence-electron chi connectivity index (χ4n) is 2.05. The molecule has 28 heavy (non-hydrogen) atoms. The van der Waals surface area contributed by atoms with Crippen LogP contribution >= 0.6 is 0 Å². The van der Waals surface area contributed by atoms with Gasteiger partial charge in [-0.05, 0) is 62.6 Å². The Balaban J connectivity index is 0.000000406. The summed E-state index contributed by atoms with van der Waals surface area (Å²) in [6.45, 7) is 5.89. The summed E-state index contributed by atoms with van der Waals surface area (Å²) in [5.41, 5.74) is 7.61. The van der Waals surface area contributed by atoms with Crippen molar-refractivity contribution >= 4 is 23.6 Å². The number of nitrogen functional groups attached to an aromatic ring is 1. The Morgan fingerprint density at radius 3 is 2.29 bits per heavy atom. The van der Waals surface area contributed by atoms with E-state index in [0.29, 0.717) is 11.6 Å². The first-order chi connectivity index (χ1) is 13.3. The van der Waals surface area contributed by atoms with Crippen LogP contribution in [0.15, 0.2) is 48.4 Å². The Morgan fingerprint density at radius 2 is 1.79 bits per heavy atom. The highest BCUT2D eigenvalue weighted by Gasteiger charge is 2.11. The van der Waals surface area contributed by atoms with Gasteiger partial charge in [0.25, 0.3) is 0 Å². The maximum absolute atomic E-state index is 11.2. The monoisotopic (exact) mass is 386 g/mol. The van der Waals surface area contributed by atoms with Crippen LogP contribution in [0.3, 0.4) is 0 Å². The number of carboxylic acids is 1. The number of carboxylic acid groups (broad SMARTS) is 1. The zero-order valence-electron chi connectivity index (χ0n) is 16.3. The lowest BCUT2D eigenvalue weighted by Gasteiger charge is -2.05. The van der Waals surface area contributed by atoms with Crippen LogP contribution in [0.1, 0.15) is 30.9 Å². The predicted molar refractivity (Wildman–Crippen MR) is 108 cm³/mol. The molecule has 0 saturated carbocycles. The molecule has 2 heterocycles. The van der Waals surface area contributed by atoms with Crippen molar-refractivity contribution in [2.45, 2.75) is 33.6 Å². The van der Waals surface area contributed by atoms with Crippen molar-refractivity contribution in [3.63, 3.8) is 0 Å². The Morgan fingerprint density at radius 1 is 1.14 bits per heavy atom. The fourth-order valence-corrected chi connectivity index (χ4v) is 2.05. The van der Waals surface area contributed by atoms with E-state index in [-0.39, 0.29) is 25.0 Å². The molecule has 0 bridgehead atoms. The van der Waals surface area contributed by atoms with Crippen molar-refractivity contribution in [1.29, 1.82) is 0 Å². The number of hydrogen-bond donors (Lipinski definition) is 3. The Hall–Kier alpha value is -3.42. The van der Waals surface area contributed by atoms with Crippen LogP contribution in [-0.4, -0.2) is 33.6 Å². The molecule has 0 saturated heterocycles. The van der Waals surface area contributed by atoms with E-state index in [1.165, 1.54) is 6.20 Å². The van der Waals surface area contributed by atoms with Gasteiger partial charge in [-0.1, -0.05) is 0 Å². The van der Waals surface area contributed by atoms with Crippen LogP contribution < -0.4 is 11.1 Å². The summed E-state index contributed by atoms with van der Waals surface area (Å²) in [5, 5.41) is 11.9. The number of esters is 1. The molecule has 0 aliphatic carbocycles. The van der Waals surface area contributed by atoms with Crippen LogP contribution in [0.25, 0.3) is 0 Å². The fraction of sp³-hybridized carbons (Fsp3) is 0.300. The van der Waals surface area contributed by atoms with Gasteiger partial charge in [0.1, 0.15) is 11.6 Å². The summed E-state index contributed by atoms with van der Waals surface area (Å²) >= 11 is 0. The lowest BCUT2D eigenvalue weighted by molar-refractivity contribution is -0.143. The van der Waals surface area contributed by atoms with E-state index >= 15 is 0 Å². The second-order valence-corrected chi connectivity index (χ2v) is 5.90. The summed E-state index contributed by atoms with van der Waals surface area (Å²) in [5.74, 6) is -0.340. The highest BCUT2D eigenvalue weighted by molar-refractivity contribution is 5.87. The topological polar surface area (TPSA) is 127 Å². The molecule has 0 amide bonds. The van der Waals surface area contributed by atoms with E-state index in [0.717, 1.165) is 11.1 Å². The minimum atomic E-state index is -1.07. The number of carbonyl (C=O) groups excluding carboxylic acids is 1. The van der Waals surface area contributed by atoms with Gasteiger partial charge in [-0.25, -0.2) is 14.8 Å². The molecular formula is C20H26N4O4. The SMILES string of the molecule is CCOC(=O)CC/C(=C/Nc1cc(C)ccn1)C(=O)O.Cc1ccnc(N)c1. The normalized spacial score (nSPS) is 10.5. The summed E-state index contributed by atoms with van der Waals surface area (Å²) < 4.78 is 4.76. The van der Waals surface area contributed by atoms with Crippen molar-refractivity contribution in [3.05, 3.63) is 59.6 Å². The molecule has 2 aromatic heterocycles. The summed E-state index contributed by atoms with van der Waals surface area (Å²) in [7, 11) is 0. The molecule has 0 spiro atoms. The maximum Gasteiger partial charge on any atom is 0.333 e. The first-order valence-corrected chi connectivity index (χ1v) is 8.77. The van der Waals surface area contributed by atoms with Crippen LogP contribution in [0.5, 0.6) is 0 Å². The molecule has 0 atom stereocenters. The van der Waals surface area contributed by atoms with E-state index in [9.17, 15) is 9.59 Å². The average molecular weight is 386 g/mol. The van der Waals surface area contributed by atoms with Crippen molar-refractivity contribution in [2.24, 2.45) is 0 Å². The summed E-state index contributed by atoms with van der Waals surface area (Å²) in [6.07, 6.45) is 4.82. The van der Waals surface area contributed by atoms with Crippen molar-refractivity contribution in [3.8, 4) is 0 Å². The lowest BCUT2D eigenvalue weighted by atomic mass is 10.1. The Kier molecular flexibility index (Phi) is 9.74. The molecule has 2 aromatic rings. The average Bonchev–Trinajstić information content (AvgIpc) is 2.62. The number of ether oxygens (including phenoxy) is 1. The van der Waals surface area contributed by atoms with Crippen molar-refractivity contribution < 1.29 is 19.4 Å². The number of rotatable bonds is 7. The molecule has 2 rings (SSSR count). The molecular weight excluding hydrogens is 360 g/mol. The number of aliphatic carboxylic acids is 1. The zero-order valence-corrected chi connectivity index (χ0v) is 16.3. The van der Waals surface area contributed by atoms with Gasteiger partial charge < -0.3 is 20.9 Å². The number of nitrogens with one attached hydrogen (secondary N) is 1. The second kappa shape index (κ2) is 12.1. The van der Waals surface area contributed by atoms with Crippen molar-refractivity contribution in [1.82, 2.24) is 9.97 Å². The van der Waals surface area contributed by atoms with E-state index in [2.05, 4.69) is 15.3 Å². The van der Waals surface area contributed by atoms with E-state index in [4.69, 9.17) is 15.6 Å². The number of nitrogens with two attached hydrogens (primary N) is 1. The number of hydrogen-bond acceptors (Lipinski definition) is 7. The van der Waals surface area contributed by atoms with E-state index in [1.54, 1.807) is 25.4 Å². The van der Waals surface area contributed by atoms with E-state index in [1.807, 2.05) is 32.0 Å². The van der Waals surface area contributed by atoms with Gasteiger partial charge in [0, 0.05) is 25.0 Å². The second-order valence-electron chi connectivity index (χ2n) is 5.90. The highest BCUT2D eigenvalue weighted by Crippen LogP contribution is 2.10. The maximum atomic E-state index is 11.2. The minimum absolute atomic E-state index is 0.0366. The van der Waals surface area contributed by atoms with Gasteiger partial charge in [-0.15, -0.1) is 0 Å². The first-order valence-electron chi connectivity index (χ1n) is 8.77. The van der Waals surface area contributed by atoms with Gasteiger partial charge in [0.2, 0.25) is 0 Å². The third-order valence-corrected chi connectivity index (χ3v) is 3.42. The molecule has 0 aromatic carbocycles. The molecule has 0 aliphatic rings. The third kappa shape index (κ3) is 9.33. The lowest BCUT2D eigenvalue weighted by Crippen LogP contribution is -2.09. The van der Waals surface area contributed by atoms with Gasteiger partial charge >= 0.3 is 11.9 Å². The Labute approximate surface area is 164 Å². The molecule has 0 radical (unpaired) electrons. The number of carbonyl (C=O) groups is 2. The first kappa shape index (κ1) is 22.6. The van der Waals surface area contributed by atoms with Crippen LogP contribution in [-0.2, 0) is 14.3 Å². The zero-order chi connectivity index (χ0) is 20.9. The van der Waals surface area contributed by atoms with Crippen LogP contribution in [0.2, 0.25) is 0 Å². The molecule has 8 heteroatoms. The smallest absolute Gasteiger partial charge is 0.333 e. The third-order valence-electron chi connectivity index (χ3n) is 3.42. The minimum Gasteiger partial charge on any atom is -0.478 e. The quantitative estimate of drug-likeness (QED) is 0.489. The van der Waals surface area contributed by atoms with Gasteiger partial charge in [0.15, 0.2) is 0 Å². The number of aromatic nitrogens is 2. The predicted octanol–water partition coefficient (Wildman–Crippen LogP) is 3.09. The highest BCUT2D eigenvalue weighted by atomic mass is 16.5. The summed E-state index contributed by atoms with van der Waals surface area (Å²) in [6, 6.07) is 7.38. The van der Waals surface area contributed by atoms with Gasteiger partial charge in [-0.3, -0.25) is 4.79 Å². The molecule has 0 fully saturated rings. The molecule has 0 aliphatic heterocycles. The number of aryl methyl sites for hydroxylation is 2. The van der Waals surface area contributed by atoms with Gasteiger partial charge in [0.05, 0.1) is 12.2 Å². The number of nitrogens with zero attached hydrogens (tertiary/aromatic N) is 2. The molecule has 150 valence electrons. The van der Waals surface area contributed by atoms with Crippen molar-refractivity contribution in [2.75, 3.05) is 17.7 Å². The summed E-state index contributed by atoms with van der Waals surface area (Å²) in [4.78, 5) is 30.2. The van der Waals surface area contributed by atoms with Gasteiger partial charge in [-0.2, -0.15) is 0 Å².